The predicted octanol–water partition coefficient (Wildman–Crippen LogP) is 2.99. The van der Waals surface area contributed by atoms with Crippen molar-refractivity contribution in [2.75, 3.05) is 19.8 Å². The van der Waals surface area contributed by atoms with Gasteiger partial charge in [0.2, 0.25) is 10.0 Å². The average molecular weight is 384 g/mol. The molecule has 0 aliphatic carbocycles. The van der Waals surface area contributed by atoms with E-state index in [4.69, 9.17) is 9.47 Å². The van der Waals surface area contributed by atoms with Gasteiger partial charge in [-0.1, -0.05) is 11.6 Å². The SMILES string of the molecule is Cc1ccc2[nH]c3c(c2c1)CN(S(=O)(=O)c1ccc2c(c1)OCCO2)CC3. The lowest BCUT2D eigenvalue weighted by Gasteiger charge is -2.27. The van der Waals surface area contributed by atoms with Crippen molar-refractivity contribution < 1.29 is 17.9 Å². The number of ether oxygens (including phenoxy) is 2. The van der Waals surface area contributed by atoms with E-state index in [9.17, 15) is 8.42 Å². The molecule has 2 aromatic carbocycles. The van der Waals surface area contributed by atoms with Crippen molar-refractivity contribution in [1.82, 2.24) is 9.29 Å². The van der Waals surface area contributed by atoms with Gasteiger partial charge in [-0.3, -0.25) is 0 Å². The van der Waals surface area contributed by atoms with Crippen LogP contribution >= 0.6 is 0 Å². The van der Waals surface area contributed by atoms with Crippen molar-refractivity contribution in [3.8, 4) is 11.5 Å². The number of fused-ring (bicyclic) bond motifs is 4. The van der Waals surface area contributed by atoms with Crippen LogP contribution in [-0.4, -0.2) is 37.5 Å². The first-order valence-corrected chi connectivity index (χ1v) is 10.5. The number of rotatable bonds is 2. The first kappa shape index (κ1) is 16.6. The van der Waals surface area contributed by atoms with Gasteiger partial charge in [-0.05, 0) is 36.8 Å². The molecule has 27 heavy (non-hydrogen) atoms. The number of aryl methyl sites for hydroxylation is 1. The van der Waals surface area contributed by atoms with Gasteiger partial charge in [0.15, 0.2) is 11.5 Å². The third-order valence-electron chi connectivity index (χ3n) is 5.25. The molecule has 5 rings (SSSR count). The summed E-state index contributed by atoms with van der Waals surface area (Å²) < 4.78 is 39.0. The molecule has 0 radical (unpaired) electrons. The summed E-state index contributed by atoms with van der Waals surface area (Å²) in [6.45, 7) is 3.78. The van der Waals surface area contributed by atoms with Crippen molar-refractivity contribution >= 4 is 20.9 Å². The van der Waals surface area contributed by atoms with Gasteiger partial charge in [-0.25, -0.2) is 8.42 Å². The van der Waals surface area contributed by atoms with E-state index in [1.54, 1.807) is 22.5 Å². The van der Waals surface area contributed by atoms with Crippen LogP contribution in [0, 0.1) is 6.92 Å². The van der Waals surface area contributed by atoms with Crippen LogP contribution in [0.5, 0.6) is 11.5 Å². The summed E-state index contributed by atoms with van der Waals surface area (Å²) in [7, 11) is -3.61. The van der Waals surface area contributed by atoms with Crippen molar-refractivity contribution in [2.24, 2.45) is 0 Å². The van der Waals surface area contributed by atoms with Crippen LogP contribution in [0.2, 0.25) is 0 Å². The van der Waals surface area contributed by atoms with Gasteiger partial charge in [-0.15, -0.1) is 0 Å². The molecule has 0 saturated heterocycles. The summed E-state index contributed by atoms with van der Waals surface area (Å²) in [5.41, 5.74) is 4.42. The molecule has 1 aromatic heterocycles. The van der Waals surface area contributed by atoms with Crippen molar-refractivity contribution in [3.05, 3.63) is 53.2 Å². The first-order valence-electron chi connectivity index (χ1n) is 9.02. The van der Waals surface area contributed by atoms with Crippen LogP contribution in [0.25, 0.3) is 10.9 Å². The van der Waals surface area contributed by atoms with Crippen LogP contribution in [0.3, 0.4) is 0 Å². The minimum Gasteiger partial charge on any atom is -0.486 e. The van der Waals surface area contributed by atoms with E-state index in [0.717, 1.165) is 27.7 Å². The molecule has 2 aliphatic rings. The number of aromatic nitrogens is 1. The maximum atomic E-state index is 13.2. The highest BCUT2D eigenvalue weighted by molar-refractivity contribution is 7.89. The maximum absolute atomic E-state index is 13.2. The number of nitrogens with one attached hydrogen (secondary N) is 1. The summed E-state index contributed by atoms with van der Waals surface area (Å²) in [6, 6.07) is 11.1. The molecule has 2 aliphatic heterocycles. The Hall–Kier alpha value is -2.51. The second-order valence-corrected chi connectivity index (χ2v) is 8.96. The topological polar surface area (TPSA) is 71.6 Å². The second-order valence-electron chi connectivity index (χ2n) is 7.03. The van der Waals surface area contributed by atoms with Gasteiger partial charge < -0.3 is 14.5 Å². The van der Waals surface area contributed by atoms with Gasteiger partial charge in [0.25, 0.3) is 0 Å². The molecule has 6 nitrogen and oxygen atoms in total. The normalized spacial score (nSPS) is 17.1. The number of aromatic amines is 1. The largest absolute Gasteiger partial charge is 0.486 e. The second kappa shape index (κ2) is 6.00. The highest BCUT2D eigenvalue weighted by Gasteiger charge is 2.31. The van der Waals surface area contributed by atoms with Gasteiger partial charge in [-0.2, -0.15) is 4.31 Å². The predicted molar refractivity (Wildman–Crippen MR) is 102 cm³/mol. The summed E-state index contributed by atoms with van der Waals surface area (Å²) in [5.74, 6) is 1.08. The number of H-pyrrole nitrogens is 1. The zero-order chi connectivity index (χ0) is 18.6. The molecule has 0 fully saturated rings. The number of sulfonamides is 1. The molecule has 0 unspecified atom stereocenters. The maximum Gasteiger partial charge on any atom is 0.243 e. The Morgan fingerprint density at radius 1 is 1.04 bits per heavy atom. The minimum atomic E-state index is -3.61. The Labute approximate surface area is 157 Å². The molecule has 0 atom stereocenters. The van der Waals surface area contributed by atoms with E-state index >= 15 is 0 Å². The van der Waals surface area contributed by atoms with Gasteiger partial charge in [0.05, 0.1) is 4.90 Å². The van der Waals surface area contributed by atoms with Crippen LogP contribution in [-0.2, 0) is 23.0 Å². The lowest BCUT2D eigenvalue weighted by atomic mass is 10.0. The molecule has 0 saturated carbocycles. The third kappa shape index (κ3) is 2.69. The fourth-order valence-corrected chi connectivity index (χ4v) is 5.27. The third-order valence-corrected chi connectivity index (χ3v) is 7.09. The highest BCUT2D eigenvalue weighted by atomic mass is 32.2. The van der Waals surface area contributed by atoms with Crippen LogP contribution in [0.15, 0.2) is 41.3 Å². The zero-order valence-corrected chi connectivity index (χ0v) is 15.8. The molecular formula is C20H20N2O4S. The number of nitrogens with zero attached hydrogens (tertiary/aromatic N) is 1. The molecule has 140 valence electrons. The Morgan fingerprint density at radius 2 is 1.85 bits per heavy atom. The quantitative estimate of drug-likeness (QED) is 0.737. The minimum absolute atomic E-state index is 0.242. The van der Waals surface area contributed by atoms with Gasteiger partial charge in [0.1, 0.15) is 13.2 Å². The van der Waals surface area contributed by atoms with Gasteiger partial charge in [0, 0.05) is 42.2 Å². The molecule has 1 N–H and O–H groups in total. The first-order chi connectivity index (χ1) is 13.0. The van der Waals surface area contributed by atoms with Crippen molar-refractivity contribution in [1.29, 1.82) is 0 Å². The molecule has 0 bridgehead atoms. The van der Waals surface area contributed by atoms with Crippen LogP contribution in [0.4, 0.5) is 0 Å². The molecule has 3 heterocycles. The average Bonchev–Trinajstić information content (AvgIpc) is 3.04. The van der Waals surface area contributed by atoms with E-state index in [0.29, 0.717) is 44.2 Å². The Kier molecular flexibility index (Phi) is 3.70. The molecule has 7 heteroatoms. The van der Waals surface area contributed by atoms with Crippen LogP contribution in [0.1, 0.15) is 16.8 Å². The highest BCUT2D eigenvalue weighted by Crippen LogP contribution is 2.35. The van der Waals surface area contributed by atoms with Gasteiger partial charge >= 0.3 is 0 Å². The van der Waals surface area contributed by atoms with E-state index in [1.807, 2.05) is 6.92 Å². The zero-order valence-electron chi connectivity index (χ0n) is 15.0. The van der Waals surface area contributed by atoms with Crippen molar-refractivity contribution in [2.45, 2.75) is 24.8 Å². The number of hydrogen-bond acceptors (Lipinski definition) is 4. The summed E-state index contributed by atoms with van der Waals surface area (Å²) in [5, 5.41) is 1.10. The monoisotopic (exact) mass is 384 g/mol. The summed E-state index contributed by atoms with van der Waals surface area (Å²) in [4.78, 5) is 3.68. The Morgan fingerprint density at radius 3 is 2.70 bits per heavy atom. The smallest absolute Gasteiger partial charge is 0.243 e. The fraction of sp³-hybridized carbons (Fsp3) is 0.300. The van der Waals surface area contributed by atoms with E-state index in [2.05, 4.69) is 23.2 Å². The summed E-state index contributed by atoms with van der Waals surface area (Å²) >= 11 is 0. The molecule has 3 aromatic rings. The Balaban J connectivity index is 1.52. The lowest BCUT2D eigenvalue weighted by Crippen LogP contribution is -2.35. The lowest BCUT2D eigenvalue weighted by molar-refractivity contribution is 0.171. The van der Waals surface area contributed by atoms with E-state index in [1.165, 1.54) is 0 Å². The molecular weight excluding hydrogens is 364 g/mol. The fourth-order valence-electron chi connectivity index (χ4n) is 3.84. The van der Waals surface area contributed by atoms with E-state index < -0.39 is 10.0 Å². The Bertz CT molecular complexity index is 1150. The van der Waals surface area contributed by atoms with Crippen molar-refractivity contribution in [3.63, 3.8) is 0 Å². The summed E-state index contributed by atoms with van der Waals surface area (Å²) in [6.07, 6.45) is 0.673. The standard InChI is InChI=1S/C20H20N2O4S/c1-13-2-4-17-15(10-13)16-12-22(7-6-18(16)21-17)27(23,24)14-3-5-19-20(11-14)26-9-8-25-19/h2-5,10-11,21H,6-9,12H2,1H3. The molecule has 0 amide bonds. The van der Waals surface area contributed by atoms with Crippen LogP contribution < -0.4 is 9.47 Å². The number of benzene rings is 2. The number of hydrogen-bond donors (Lipinski definition) is 1. The van der Waals surface area contributed by atoms with E-state index in [-0.39, 0.29) is 4.90 Å². The molecule has 0 spiro atoms.